The highest BCUT2D eigenvalue weighted by atomic mass is 16.5. The van der Waals surface area contributed by atoms with Gasteiger partial charge in [-0.15, -0.1) is 0 Å². The van der Waals surface area contributed by atoms with Crippen molar-refractivity contribution in [2.24, 2.45) is 0 Å². The predicted octanol–water partition coefficient (Wildman–Crippen LogP) is 3.78. The van der Waals surface area contributed by atoms with Crippen molar-refractivity contribution in [2.45, 2.75) is 19.9 Å². The first-order valence-electron chi connectivity index (χ1n) is 11.2. The van der Waals surface area contributed by atoms with Crippen LogP contribution in [0, 0.1) is 6.92 Å². The van der Waals surface area contributed by atoms with Crippen LogP contribution >= 0.6 is 0 Å². The Balaban J connectivity index is 1.31. The molecule has 8 nitrogen and oxygen atoms in total. The summed E-state index contributed by atoms with van der Waals surface area (Å²) in [6.07, 6.45) is 7.34. The molecule has 0 bridgehead atoms. The normalized spacial score (nSPS) is 11.0. The molecule has 0 atom stereocenters. The zero-order chi connectivity index (χ0) is 24.2. The topological polar surface area (TPSA) is 103 Å². The number of nitrogens with one attached hydrogen (secondary N) is 1. The zero-order valence-electron chi connectivity index (χ0n) is 19.1. The summed E-state index contributed by atoms with van der Waals surface area (Å²) in [6, 6.07) is 16.6. The second-order valence-corrected chi connectivity index (χ2v) is 8.29. The van der Waals surface area contributed by atoms with Gasteiger partial charge in [-0.25, -0.2) is 4.98 Å². The van der Waals surface area contributed by atoms with E-state index in [-0.39, 0.29) is 11.5 Å². The lowest BCUT2D eigenvalue weighted by molar-refractivity contribution is 0.0954. The summed E-state index contributed by atoms with van der Waals surface area (Å²) in [5, 5.41) is 7.37. The Hall–Kier alpha value is -4.59. The van der Waals surface area contributed by atoms with Gasteiger partial charge in [0.15, 0.2) is 0 Å². The first-order chi connectivity index (χ1) is 17.1. The lowest BCUT2D eigenvalue weighted by Gasteiger charge is -2.10. The summed E-state index contributed by atoms with van der Waals surface area (Å²) in [7, 11) is 0. The highest BCUT2D eigenvalue weighted by Gasteiger charge is 2.11. The van der Waals surface area contributed by atoms with Gasteiger partial charge in [-0.1, -0.05) is 29.4 Å². The number of fused-ring (bicyclic) bond motifs is 1. The lowest BCUT2D eigenvalue weighted by atomic mass is 10.1. The molecule has 35 heavy (non-hydrogen) atoms. The van der Waals surface area contributed by atoms with E-state index < -0.39 is 0 Å². The van der Waals surface area contributed by atoms with Crippen LogP contribution < -0.4 is 10.9 Å². The molecule has 0 aliphatic heterocycles. The van der Waals surface area contributed by atoms with Gasteiger partial charge in [-0.05, 0) is 60.4 Å². The Labute approximate surface area is 201 Å². The summed E-state index contributed by atoms with van der Waals surface area (Å²) in [5.41, 5.74) is 5.44. The Morgan fingerprint density at radius 3 is 2.77 bits per heavy atom. The van der Waals surface area contributed by atoms with E-state index in [0.29, 0.717) is 36.0 Å². The molecule has 0 aliphatic carbocycles. The number of rotatable bonds is 7. The number of pyridine rings is 1. The summed E-state index contributed by atoms with van der Waals surface area (Å²) in [6.45, 7) is 2.69. The molecule has 0 radical (unpaired) electrons. The van der Waals surface area contributed by atoms with Crippen molar-refractivity contribution < 1.29 is 9.32 Å². The van der Waals surface area contributed by atoms with Crippen LogP contribution in [0.2, 0.25) is 0 Å². The molecular weight excluding hydrogens is 442 g/mol. The Bertz CT molecular complexity index is 1560. The van der Waals surface area contributed by atoms with Crippen LogP contribution in [-0.4, -0.2) is 32.1 Å². The van der Waals surface area contributed by atoms with Crippen molar-refractivity contribution >= 4 is 16.8 Å². The van der Waals surface area contributed by atoms with Gasteiger partial charge in [0, 0.05) is 30.1 Å². The molecule has 0 fully saturated rings. The van der Waals surface area contributed by atoms with Gasteiger partial charge >= 0.3 is 0 Å². The first-order valence-corrected chi connectivity index (χ1v) is 11.2. The molecule has 0 aliphatic rings. The van der Waals surface area contributed by atoms with Crippen LogP contribution in [0.3, 0.4) is 0 Å². The van der Waals surface area contributed by atoms with Crippen LogP contribution in [0.4, 0.5) is 0 Å². The molecular formula is C27H23N5O3. The fourth-order valence-corrected chi connectivity index (χ4v) is 3.98. The van der Waals surface area contributed by atoms with Gasteiger partial charge in [-0.2, -0.15) is 0 Å². The molecule has 0 saturated heterocycles. The van der Waals surface area contributed by atoms with Crippen LogP contribution in [0.15, 0.2) is 88.9 Å². The summed E-state index contributed by atoms with van der Waals surface area (Å²) >= 11 is 0. The second-order valence-electron chi connectivity index (χ2n) is 8.29. The largest absolute Gasteiger partial charge is 0.364 e. The molecule has 5 rings (SSSR count). The fourth-order valence-electron chi connectivity index (χ4n) is 3.98. The smallest absolute Gasteiger partial charge is 0.261 e. The molecule has 2 aromatic carbocycles. The summed E-state index contributed by atoms with van der Waals surface area (Å²) < 4.78 is 6.57. The number of benzene rings is 2. The minimum atomic E-state index is -0.156. The summed E-state index contributed by atoms with van der Waals surface area (Å²) in [4.78, 5) is 34.3. The maximum Gasteiger partial charge on any atom is 0.261 e. The average molecular weight is 466 g/mol. The van der Waals surface area contributed by atoms with E-state index in [9.17, 15) is 9.59 Å². The number of aryl methyl sites for hydroxylation is 1. The molecule has 0 spiro atoms. The van der Waals surface area contributed by atoms with Crippen molar-refractivity contribution in [1.82, 2.24) is 25.0 Å². The predicted molar refractivity (Wildman–Crippen MR) is 132 cm³/mol. The highest BCUT2D eigenvalue weighted by Crippen LogP contribution is 2.24. The number of carbonyl (C=O) groups excluding carboxylic acids is 1. The molecule has 0 saturated carbocycles. The average Bonchev–Trinajstić information content (AvgIpc) is 3.32. The number of hydrogen-bond donors (Lipinski definition) is 1. The van der Waals surface area contributed by atoms with E-state index in [2.05, 4.69) is 20.4 Å². The molecule has 8 heteroatoms. The zero-order valence-corrected chi connectivity index (χ0v) is 19.1. The van der Waals surface area contributed by atoms with Crippen LogP contribution in [0.1, 0.15) is 27.2 Å². The molecule has 1 N–H and O–H groups in total. The van der Waals surface area contributed by atoms with E-state index >= 15 is 0 Å². The van der Waals surface area contributed by atoms with E-state index in [4.69, 9.17) is 4.52 Å². The number of nitrogens with zero attached hydrogens (tertiary/aromatic N) is 4. The first kappa shape index (κ1) is 22.2. The maximum atomic E-state index is 13.1. The Morgan fingerprint density at radius 2 is 1.97 bits per heavy atom. The minimum Gasteiger partial charge on any atom is -0.364 e. The monoisotopic (exact) mass is 465 g/mol. The molecule has 3 aromatic heterocycles. The third kappa shape index (κ3) is 4.86. The summed E-state index contributed by atoms with van der Waals surface area (Å²) in [5.74, 6) is -0.156. The van der Waals surface area contributed by atoms with Gasteiger partial charge in [0.05, 0.1) is 29.5 Å². The van der Waals surface area contributed by atoms with Crippen molar-refractivity contribution in [3.05, 3.63) is 112 Å². The lowest BCUT2D eigenvalue weighted by Crippen LogP contribution is -2.26. The number of hydrogen-bond acceptors (Lipinski definition) is 6. The van der Waals surface area contributed by atoms with Crippen LogP contribution in [0.25, 0.3) is 22.0 Å². The number of amides is 1. The van der Waals surface area contributed by atoms with Crippen molar-refractivity contribution in [3.63, 3.8) is 0 Å². The highest BCUT2D eigenvalue weighted by molar-refractivity contribution is 5.94. The molecule has 3 heterocycles. The van der Waals surface area contributed by atoms with Gasteiger partial charge < -0.3 is 9.84 Å². The SMILES string of the molecule is Cc1nocc1-c1ccc2c(=O)n(Cc3cccc(C(=O)NCCc4cccnc4)c3)cnc2c1. The third-order valence-electron chi connectivity index (χ3n) is 5.85. The van der Waals surface area contributed by atoms with E-state index in [0.717, 1.165) is 27.9 Å². The van der Waals surface area contributed by atoms with Gasteiger partial charge in [0.2, 0.25) is 0 Å². The van der Waals surface area contributed by atoms with Crippen molar-refractivity contribution in [1.29, 1.82) is 0 Å². The molecule has 5 aromatic rings. The Kier molecular flexibility index (Phi) is 6.17. The van der Waals surface area contributed by atoms with Crippen molar-refractivity contribution in [2.75, 3.05) is 6.54 Å². The maximum absolute atomic E-state index is 13.1. The van der Waals surface area contributed by atoms with Gasteiger partial charge in [0.25, 0.3) is 11.5 Å². The number of carbonyl (C=O) groups is 1. The van der Waals surface area contributed by atoms with Crippen molar-refractivity contribution in [3.8, 4) is 11.1 Å². The second kappa shape index (κ2) is 9.72. The third-order valence-corrected chi connectivity index (χ3v) is 5.85. The quantitative estimate of drug-likeness (QED) is 0.392. The molecule has 0 unspecified atom stereocenters. The van der Waals surface area contributed by atoms with Gasteiger partial charge in [0.1, 0.15) is 6.26 Å². The molecule has 1 amide bonds. The van der Waals surface area contributed by atoms with Crippen LogP contribution in [-0.2, 0) is 13.0 Å². The Morgan fingerprint density at radius 1 is 1.09 bits per heavy atom. The molecule has 174 valence electrons. The van der Waals surface area contributed by atoms with E-state index in [1.807, 2.05) is 43.3 Å². The fraction of sp³-hybridized carbons (Fsp3) is 0.148. The standard InChI is InChI=1S/C27H23N5O3/c1-18-24(16-35-31-18)21-7-8-23-25(13-21)30-17-32(27(23)34)15-20-4-2-6-22(12-20)26(33)29-11-9-19-5-3-10-28-14-19/h2-8,10,12-14,16-17H,9,11,15H2,1H3,(H,29,33). The minimum absolute atomic E-state index is 0.144. The van der Waals surface area contributed by atoms with Gasteiger partial charge in [-0.3, -0.25) is 19.1 Å². The number of aromatic nitrogens is 4. The van der Waals surface area contributed by atoms with E-state index in [1.54, 1.807) is 41.4 Å². The van der Waals surface area contributed by atoms with Crippen LogP contribution in [0.5, 0.6) is 0 Å². The van der Waals surface area contributed by atoms with E-state index in [1.165, 1.54) is 6.33 Å².